The Bertz CT molecular complexity index is 1010. The summed E-state index contributed by atoms with van der Waals surface area (Å²) < 4.78 is 19.1. The van der Waals surface area contributed by atoms with E-state index in [1.807, 2.05) is 22.8 Å². The van der Waals surface area contributed by atoms with E-state index >= 15 is 0 Å². The van der Waals surface area contributed by atoms with Gasteiger partial charge in [-0.05, 0) is 57.6 Å². The molecular formula is C25H34N2O4. The molecule has 168 valence electrons. The summed E-state index contributed by atoms with van der Waals surface area (Å²) in [5.41, 5.74) is 1.79. The Morgan fingerprint density at radius 1 is 1.06 bits per heavy atom. The molecule has 0 amide bonds. The number of pyridine rings is 1. The van der Waals surface area contributed by atoms with Crippen molar-refractivity contribution in [2.45, 2.75) is 83.5 Å². The van der Waals surface area contributed by atoms with E-state index in [-0.39, 0.29) is 18.0 Å². The third-order valence-corrected chi connectivity index (χ3v) is 7.11. The Hall–Kier alpha value is -2.05. The topological polar surface area (TPSA) is 61.7 Å². The lowest BCUT2D eigenvalue weighted by molar-refractivity contribution is -0.0630. The molecule has 2 aliphatic heterocycles. The molecule has 0 spiro atoms. The number of nitrogens with zero attached hydrogens (tertiary/aromatic N) is 1. The molecule has 3 aliphatic rings. The van der Waals surface area contributed by atoms with Crippen molar-refractivity contribution in [1.29, 1.82) is 0 Å². The molecule has 1 saturated carbocycles. The second-order valence-corrected chi connectivity index (χ2v) is 10.0. The summed E-state index contributed by atoms with van der Waals surface area (Å²) in [4.78, 5) is 13.6. The first kappa shape index (κ1) is 20.8. The van der Waals surface area contributed by atoms with E-state index in [1.165, 1.54) is 32.1 Å². The maximum Gasteiger partial charge on any atom is 0.255 e. The molecule has 1 atom stereocenters. The van der Waals surface area contributed by atoms with Crippen molar-refractivity contribution in [3.8, 4) is 11.5 Å². The SMILES string of the molecule is CC1(C)C[C@@H](NCc2cc3cc4c(cc3n(CC3CCCCC3)c2=O)OCO4)CCO1. The van der Waals surface area contributed by atoms with Gasteiger partial charge >= 0.3 is 0 Å². The quantitative estimate of drug-likeness (QED) is 0.770. The minimum Gasteiger partial charge on any atom is -0.454 e. The molecule has 2 aromatic rings. The largest absolute Gasteiger partial charge is 0.454 e. The zero-order valence-electron chi connectivity index (χ0n) is 18.7. The summed E-state index contributed by atoms with van der Waals surface area (Å²) >= 11 is 0. The fourth-order valence-electron chi connectivity index (χ4n) is 5.42. The molecule has 6 nitrogen and oxygen atoms in total. The number of fused-ring (bicyclic) bond motifs is 2. The van der Waals surface area contributed by atoms with Crippen LogP contribution in [-0.2, 0) is 17.8 Å². The first-order valence-corrected chi connectivity index (χ1v) is 11.8. The van der Waals surface area contributed by atoms with Gasteiger partial charge in [0.05, 0.1) is 11.1 Å². The fraction of sp³-hybridized carbons (Fsp3) is 0.640. The molecule has 6 heteroatoms. The fourth-order valence-corrected chi connectivity index (χ4v) is 5.42. The number of nitrogens with one attached hydrogen (secondary N) is 1. The van der Waals surface area contributed by atoms with E-state index in [9.17, 15) is 4.79 Å². The summed E-state index contributed by atoms with van der Waals surface area (Å²) in [5, 5.41) is 4.68. The Morgan fingerprint density at radius 2 is 1.84 bits per heavy atom. The van der Waals surface area contributed by atoms with Crippen LogP contribution in [0.4, 0.5) is 0 Å². The van der Waals surface area contributed by atoms with Crippen molar-refractivity contribution in [2.24, 2.45) is 5.92 Å². The molecule has 31 heavy (non-hydrogen) atoms. The molecule has 1 aromatic carbocycles. The minimum absolute atomic E-state index is 0.113. The number of ether oxygens (including phenoxy) is 3. The van der Waals surface area contributed by atoms with Crippen LogP contribution >= 0.6 is 0 Å². The Labute approximate surface area is 183 Å². The molecule has 5 rings (SSSR count). The second-order valence-electron chi connectivity index (χ2n) is 10.0. The van der Waals surface area contributed by atoms with Gasteiger partial charge in [-0.15, -0.1) is 0 Å². The number of aromatic nitrogens is 1. The monoisotopic (exact) mass is 426 g/mol. The van der Waals surface area contributed by atoms with Crippen LogP contribution in [0, 0.1) is 5.92 Å². The van der Waals surface area contributed by atoms with Gasteiger partial charge in [0.2, 0.25) is 6.79 Å². The molecule has 0 unspecified atom stereocenters. The van der Waals surface area contributed by atoms with E-state index in [0.717, 1.165) is 54.0 Å². The smallest absolute Gasteiger partial charge is 0.255 e. The minimum atomic E-state index is -0.113. The second kappa shape index (κ2) is 8.47. The van der Waals surface area contributed by atoms with Crippen molar-refractivity contribution in [3.63, 3.8) is 0 Å². The Balaban J connectivity index is 1.46. The maximum atomic E-state index is 13.6. The molecule has 0 radical (unpaired) electrons. The number of hydrogen-bond donors (Lipinski definition) is 1. The lowest BCUT2D eigenvalue weighted by atomic mass is 9.89. The van der Waals surface area contributed by atoms with E-state index in [1.54, 1.807) is 0 Å². The normalized spacial score (nSPS) is 23.4. The highest BCUT2D eigenvalue weighted by molar-refractivity contribution is 5.84. The van der Waals surface area contributed by atoms with Crippen molar-refractivity contribution >= 4 is 10.9 Å². The molecule has 1 aliphatic carbocycles. The van der Waals surface area contributed by atoms with E-state index < -0.39 is 0 Å². The lowest BCUT2D eigenvalue weighted by Gasteiger charge is -2.36. The molecule has 0 bridgehead atoms. The molecule has 2 fully saturated rings. The van der Waals surface area contributed by atoms with Crippen molar-refractivity contribution in [1.82, 2.24) is 9.88 Å². The van der Waals surface area contributed by atoms with Crippen LogP contribution in [0.1, 0.15) is 64.4 Å². The van der Waals surface area contributed by atoms with Gasteiger partial charge in [0.1, 0.15) is 0 Å². The van der Waals surface area contributed by atoms with E-state index in [2.05, 4.69) is 19.2 Å². The third-order valence-electron chi connectivity index (χ3n) is 7.11. The number of benzene rings is 1. The van der Waals surface area contributed by atoms with Crippen LogP contribution in [0.3, 0.4) is 0 Å². The number of rotatable bonds is 5. The molecule has 1 aromatic heterocycles. The highest BCUT2D eigenvalue weighted by Gasteiger charge is 2.29. The Morgan fingerprint density at radius 3 is 2.61 bits per heavy atom. The van der Waals surface area contributed by atoms with Gasteiger partial charge in [-0.1, -0.05) is 19.3 Å². The predicted octanol–water partition coefficient (Wildman–Crippen LogP) is 4.36. The molecule has 1 N–H and O–H groups in total. The highest BCUT2D eigenvalue weighted by Crippen LogP contribution is 2.36. The number of hydrogen-bond acceptors (Lipinski definition) is 5. The van der Waals surface area contributed by atoms with Gasteiger partial charge in [0, 0.05) is 42.8 Å². The summed E-state index contributed by atoms with van der Waals surface area (Å²) in [7, 11) is 0. The van der Waals surface area contributed by atoms with Crippen molar-refractivity contribution < 1.29 is 14.2 Å². The summed E-state index contributed by atoms with van der Waals surface area (Å²) in [5.74, 6) is 2.07. The van der Waals surface area contributed by atoms with Crippen LogP contribution in [0.5, 0.6) is 11.5 Å². The molecule has 3 heterocycles. The maximum absolute atomic E-state index is 13.6. The summed E-state index contributed by atoms with van der Waals surface area (Å²) in [6.45, 7) is 6.64. The van der Waals surface area contributed by atoms with Gasteiger partial charge in [-0.2, -0.15) is 0 Å². The average Bonchev–Trinajstić information content (AvgIpc) is 3.21. The standard InChI is InChI=1S/C25H34N2O4/c1-25(2)13-20(8-9-31-25)26-14-19-10-18-11-22-23(30-16-29-22)12-21(18)27(24(19)28)15-17-6-4-3-5-7-17/h10-12,17,20,26H,3-9,13-16H2,1-2H3/t20-/m0/s1. The van der Waals surface area contributed by atoms with Crippen LogP contribution in [0.25, 0.3) is 10.9 Å². The van der Waals surface area contributed by atoms with Crippen LogP contribution < -0.4 is 20.3 Å². The van der Waals surface area contributed by atoms with Gasteiger partial charge in [0.15, 0.2) is 11.5 Å². The van der Waals surface area contributed by atoms with E-state index in [4.69, 9.17) is 14.2 Å². The summed E-state index contributed by atoms with van der Waals surface area (Å²) in [6, 6.07) is 6.41. The van der Waals surface area contributed by atoms with Gasteiger partial charge in [0.25, 0.3) is 5.56 Å². The Kier molecular flexibility index (Phi) is 5.69. The van der Waals surface area contributed by atoms with Crippen molar-refractivity contribution in [3.05, 3.63) is 34.1 Å². The zero-order chi connectivity index (χ0) is 21.4. The first-order valence-electron chi connectivity index (χ1n) is 11.8. The van der Waals surface area contributed by atoms with Gasteiger partial charge in [-0.3, -0.25) is 4.79 Å². The molecular weight excluding hydrogens is 392 g/mol. The third kappa shape index (κ3) is 4.46. The predicted molar refractivity (Wildman–Crippen MR) is 121 cm³/mol. The lowest BCUT2D eigenvalue weighted by Crippen LogP contribution is -2.44. The van der Waals surface area contributed by atoms with E-state index in [0.29, 0.717) is 18.5 Å². The summed E-state index contributed by atoms with van der Waals surface area (Å²) in [6.07, 6.45) is 8.20. The zero-order valence-corrected chi connectivity index (χ0v) is 18.7. The van der Waals surface area contributed by atoms with Gasteiger partial charge in [-0.25, -0.2) is 0 Å². The van der Waals surface area contributed by atoms with Gasteiger partial charge < -0.3 is 24.1 Å². The van der Waals surface area contributed by atoms with Crippen molar-refractivity contribution in [2.75, 3.05) is 13.4 Å². The van der Waals surface area contributed by atoms with Crippen LogP contribution in [0.15, 0.2) is 23.0 Å². The van der Waals surface area contributed by atoms with Crippen LogP contribution in [0.2, 0.25) is 0 Å². The van der Waals surface area contributed by atoms with Crippen LogP contribution in [-0.4, -0.2) is 29.6 Å². The molecule has 1 saturated heterocycles. The average molecular weight is 427 g/mol. The highest BCUT2D eigenvalue weighted by atomic mass is 16.7. The first-order chi connectivity index (χ1) is 15.0.